The van der Waals surface area contributed by atoms with Gasteiger partial charge in [0, 0.05) is 72.0 Å². The monoisotopic (exact) mass is 1440 g/mol. The molecule has 550 valence electrons. The van der Waals surface area contributed by atoms with E-state index in [0.29, 0.717) is 78.3 Å². The van der Waals surface area contributed by atoms with Crippen LogP contribution >= 0.6 is 23.5 Å². The zero-order valence-electron chi connectivity index (χ0n) is 56.8. The van der Waals surface area contributed by atoms with Gasteiger partial charge in [0.25, 0.3) is 0 Å². The second-order valence-corrected chi connectivity index (χ2v) is 27.3. The molecule has 0 spiro atoms. The molecule has 6 rings (SSSR count). The summed E-state index contributed by atoms with van der Waals surface area (Å²) in [6, 6.07) is -3.17. The second kappa shape index (κ2) is 39.9. The number of aromatic nitrogens is 1. The third kappa shape index (κ3) is 25.8. The van der Waals surface area contributed by atoms with Crippen molar-refractivity contribution in [2.24, 2.45) is 17.4 Å². The quantitative estimate of drug-likeness (QED) is 0.0899. The van der Waals surface area contributed by atoms with Crippen LogP contribution in [0.3, 0.4) is 0 Å². The summed E-state index contributed by atoms with van der Waals surface area (Å²) in [5.41, 5.74) is 13.7. The topological polar surface area (TPSA) is 497 Å². The minimum atomic E-state index is -1.90. The Balaban J connectivity index is 1.42. The fourth-order valence-electron chi connectivity index (χ4n) is 11.4. The van der Waals surface area contributed by atoms with Gasteiger partial charge in [0.1, 0.15) is 66.2 Å². The highest BCUT2D eigenvalue weighted by Crippen LogP contribution is 2.27. The molecule has 3 aliphatic rings. The number of amides is 13. The summed E-state index contributed by atoms with van der Waals surface area (Å²) in [5.74, 6) is -15.2. The van der Waals surface area contributed by atoms with Crippen LogP contribution in [0.2, 0.25) is 0 Å². The van der Waals surface area contributed by atoms with Crippen molar-refractivity contribution in [1.82, 2.24) is 63.1 Å². The largest absolute Gasteiger partial charge is 0.494 e. The van der Waals surface area contributed by atoms with E-state index in [4.69, 9.17) is 16.2 Å². The Kier molecular flexibility index (Phi) is 31.7. The molecule has 34 heteroatoms. The van der Waals surface area contributed by atoms with E-state index >= 15 is 0 Å². The van der Waals surface area contributed by atoms with Crippen molar-refractivity contribution in [3.63, 3.8) is 0 Å². The van der Waals surface area contributed by atoms with Crippen molar-refractivity contribution in [3.8, 4) is 5.75 Å². The van der Waals surface area contributed by atoms with Crippen molar-refractivity contribution in [2.75, 3.05) is 31.2 Å². The van der Waals surface area contributed by atoms with Gasteiger partial charge in [-0.3, -0.25) is 71.9 Å². The molecular formula is C67H92N14O18S2. The average Bonchev–Trinajstić information content (AvgIpc) is 1.75. The number of nitrogens with one attached hydrogen (secondary N) is 11. The lowest BCUT2D eigenvalue weighted by Crippen LogP contribution is -2.61. The van der Waals surface area contributed by atoms with Crippen LogP contribution in [-0.4, -0.2) is 200 Å². The maximum atomic E-state index is 15.0. The lowest BCUT2D eigenvalue weighted by Gasteiger charge is -2.31. The molecule has 0 radical (unpaired) electrons. The Morgan fingerprint density at radius 1 is 0.673 bits per heavy atom. The van der Waals surface area contributed by atoms with E-state index in [1.807, 2.05) is 13.0 Å². The van der Waals surface area contributed by atoms with E-state index in [1.165, 1.54) is 37.4 Å². The number of rotatable bonds is 14. The molecule has 4 bridgehead atoms. The number of carboxylic acid groups (broad SMARTS) is 2. The average molecular weight is 1450 g/mol. The van der Waals surface area contributed by atoms with E-state index < -0.39 is 175 Å². The molecule has 1 fully saturated rings. The van der Waals surface area contributed by atoms with Crippen molar-refractivity contribution in [1.29, 1.82) is 0 Å². The molecule has 3 aromatic rings. The van der Waals surface area contributed by atoms with Gasteiger partial charge in [-0.25, -0.2) is 0 Å². The van der Waals surface area contributed by atoms with Gasteiger partial charge in [0.2, 0.25) is 76.8 Å². The number of hydrogen-bond acceptors (Lipinski definition) is 18. The Morgan fingerprint density at radius 2 is 1.32 bits per heavy atom. The van der Waals surface area contributed by atoms with E-state index in [9.17, 15) is 82.1 Å². The van der Waals surface area contributed by atoms with Crippen LogP contribution in [0.4, 0.5) is 0 Å². The summed E-state index contributed by atoms with van der Waals surface area (Å²) in [6.45, 7) is 6.09. The van der Waals surface area contributed by atoms with Gasteiger partial charge < -0.3 is 89.5 Å². The highest BCUT2D eigenvalue weighted by molar-refractivity contribution is 7.98. The number of hydrogen-bond donors (Lipinski definition) is 15. The molecule has 0 aliphatic carbocycles. The first-order chi connectivity index (χ1) is 48.1. The number of fused-ring (bicyclic) bond motifs is 7. The first-order valence-electron chi connectivity index (χ1n) is 33.6. The van der Waals surface area contributed by atoms with Crippen molar-refractivity contribution in [2.45, 2.75) is 190 Å². The van der Waals surface area contributed by atoms with Crippen LogP contribution in [0.5, 0.6) is 5.75 Å². The van der Waals surface area contributed by atoms with Crippen LogP contribution in [0, 0.1) is 5.92 Å². The zero-order chi connectivity index (χ0) is 73.9. The molecule has 0 saturated carbocycles. The Morgan fingerprint density at radius 3 is 2.00 bits per heavy atom. The number of thioether (sulfide) groups is 2. The number of carboxylic acids is 2. The lowest BCUT2D eigenvalue weighted by atomic mass is 9.99. The molecule has 3 aliphatic heterocycles. The predicted octanol–water partition coefficient (Wildman–Crippen LogP) is -0.564. The number of carbonyl (C=O) groups excluding carboxylic acids is 13. The van der Waals surface area contributed by atoms with Crippen LogP contribution in [0.25, 0.3) is 10.9 Å². The molecule has 0 unspecified atom stereocenters. The third-order valence-electron chi connectivity index (χ3n) is 16.8. The molecular weight excluding hydrogens is 1350 g/mol. The highest BCUT2D eigenvalue weighted by Gasteiger charge is 2.41. The van der Waals surface area contributed by atoms with Crippen molar-refractivity contribution in [3.05, 3.63) is 77.5 Å². The zero-order valence-corrected chi connectivity index (χ0v) is 58.5. The van der Waals surface area contributed by atoms with Crippen LogP contribution in [0.15, 0.2) is 60.8 Å². The fourth-order valence-corrected chi connectivity index (χ4v) is 13.4. The maximum Gasteiger partial charge on any atom is 0.305 e. The number of aromatic amines is 1. The predicted molar refractivity (Wildman–Crippen MR) is 371 cm³/mol. The molecule has 2 aromatic carbocycles. The third-order valence-corrected chi connectivity index (χ3v) is 19.0. The normalized spacial score (nSPS) is 24.9. The summed E-state index contributed by atoms with van der Waals surface area (Å²) < 4.78 is 6.24. The molecule has 17 N–H and O–H groups in total. The number of para-hydroxylation sites is 1. The van der Waals surface area contributed by atoms with Gasteiger partial charge in [0.15, 0.2) is 0 Å². The fraction of sp³-hybridized carbons (Fsp3) is 0.537. The Labute approximate surface area is 591 Å². The molecule has 10 atom stereocenters. The number of ether oxygens (including phenoxy) is 1. The number of unbranched alkanes of at least 4 members (excludes halogenated alkanes) is 1. The summed E-state index contributed by atoms with van der Waals surface area (Å²) >= 11 is 2.38. The SMILES string of the molecule is CCCC[C@@H]1NC(=O)[C@@H]2CCCN2C(=O)[C@@H]2CSCc3cc(cc(c3)OCCCCCCC(=O)NCC(=O)N[C@@H](C)C(=O)N2)CSC[C@@H](C(N)=O)NC(=O)[C@H](CCC(=O)O)NC(=O)[C@H](/C=C/C(N)=O)NC(=O)[C@H](Cc2c[nH]c3ccccc23)NC(=O)[C@H](C(C)C)NC(=O)[C@H](CC(=O)O)NC1=O. The Hall–Kier alpha value is -9.73. The standard InChI is InChI=1S/C67H92N14O18S2/c1-5-6-15-44-60(91)76-48(29-56(87)88)64(95)80-57(36(2)3)66(97)77-47(28-40-30-70-43-16-11-10-14-42(40)43)63(94)74-45(19-21-52(68)82)61(92)73-46(20-22-55(85)86)62(93)78-49(58(69)89)34-100-32-38-25-39-27-41(26-38)99-24-12-8-7-9-18-53(83)71-31-54(84)72-37(4)59(90)79-50(35-101-33-39)67(98)81-23-13-17-51(81)65(96)75-44/h10-11,14,16,19,21,25-27,30,36-37,44-51,57,70H,5-9,12-13,15,17-18,20,22-24,28-29,31-35H2,1-4H3,(H2,68,82)(H2,69,89)(H,71,83)(H,72,84)(H,73,92)(H,74,94)(H,75,96)(H,76,91)(H,77,97)(H,78,93)(H,79,90)(H,80,95)(H,85,86)(H,87,88)/b21-19+/t37-,44-,45-,46-,47-,48-,49-,50-,51-,57-/m0/s1. The maximum absolute atomic E-state index is 15.0. The molecule has 32 nitrogen and oxygen atoms in total. The first-order valence-corrected chi connectivity index (χ1v) is 35.9. The van der Waals surface area contributed by atoms with E-state index in [1.54, 1.807) is 42.6 Å². The highest BCUT2D eigenvalue weighted by atomic mass is 32.2. The number of nitrogens with two attached hydrogens (primary N) is 2. The number of nitrogens with zero attached hydrogens (tertiary/aromatic N) is 1. The summed E-state index contributed by atoms with van der Waals surface area (Å²) in [5, 5.41) is 45.9. The second-order valence-electron chi connectivity index (χ2n) is 25.3. The van der Waals surface area contributed by atoms with Crippen LogP contribution in [0.1, 0.15) is 128 Å². The minimum absolute atomic E-state index is 0.0301. The van der Waals surface area contributed by atoms with Gasteiger partial charge in [-0.1, -0.05) is 70.7 Å². The minimum Gasteiger partial charge on any atom is -0.494 e. The molecule has 13 amide bonds. The molecule has 101 heavy (non-hydrogen) atoms. The summed E-state index contributed by atoms with van der Waals surface area (Å²) in [7, 11) is 0. The van der Waals surface area contributed by atoms with Crippen LogP contribution in [-0.2, 0) is 89.8 Å². The van der Waals surface area contributed by atoms with Gasteiger partial charge >= 0.3 is 11.9 Å². The van der Waals surface area contributed by atoms with Gasteiger partial charge in [-0.15, -0.1) is 0 Å². The number of H-pyrrole nitrogens is 1. The number of carbonyl (C=O) groups is 15. The van der Waals surface area contributed by atoms with E-state index in [-0.39, 0.29) is 67.8 Å². The van der Waals surface area contributed by atoms with Crippen LogP contribution < -0.4 is 69.4 Å². The van der Waals surface area contributed by atoms with Gasteiger partial charge in [-0.05, 0) is 92.3 Å². The van der Waals surface area contributed by atoms with Crippen molar-refractivity contribution < 1.29 is 86.9 Å². The van der Waals surface area contributed by atoms with E-state index in [0.717, 1.165) is 23.9 Å². The number of benzene rings is 2. The lowest BCUT2D eigenvalue weighted by molar-refractivity contribution is -0.143. The summed E-state index contributed by atoms with van der Waals surface area (Å²) in [4.78, 5) is 211. The first kappa shape index (κ1) is 80.2. The summed E-state index contributed by atoms with van der Waals surface area (Å²) in [6.07, 6.45) is 4.32. The molecule has 1 aromatic heterocycles. The van der Waals surface area contributed by atoms with Gasteiger partial charge in [0.05, 0.1) is 19.6 Å². The smallest absolute Gasteiger partial charge is 0.305 e. The Bertz CT molecular complexity index is 3550. The number of aliphatic carboxylic acids is 2. The van der Waals surface area contributed by atoms with Gasteiger partial charge in [-0.2, -0.15) is 23.5 Å². The molecule has 1 saturated heterocycles. The van der Waals surface area contributed by atoms with E-state index in [2.05, 4.69) is 58.2 Å². The molecule has 4 heterocycles. The number of primary amides is 2. The van der Waals surface area contributed by atoms with Crippen molar-refractivity contribution >= 4 is 123 Å².